The summed E-state index contributed by atoms with van der Waals surface area (Å²) in [5.41, 5.74) is -0.603. The molecule has 0 unspecified atom stereocenters. The number of anilines is 1. The number of carbonyl (C=O) groups is 2. The van der Waals surface area contributed by atoms with Crippen molar-refractivity contribution in [3.05, 3.63) is 29.8 Å². The molecule has 0 bridgehead atoms. The molecule has 1 heterocycles. The number of carboxylic acid groups (broad SMARTS) is 1. The highest BCUT2D eigenvalue weighted by Crippen LogP contribution is 2.42. The Kier molecular flexibility index (Phi) is 4.15. The molecule has 0 radical (unpaired) electrons. The molecule has 0 aromatic heterocycles. The van der Waals surface area contributed by atoms with Gasteiger partial charge >= 0.3 is 18.2 Å². The number of carbonyl (C=O) groups excluding carboxylic acids is 1. The zero-order valence-electron chi connectivity index (χ0n) is 12.7. The minimum absolute atomic E-state index is 0.0409. The lowest BCUT2D eigenvalue weighted by atomic mass is 9.94. The van der Waals surface area contributed by atoms with Crippen molar-refractivity contribution in [3.8, 4) is 0 Å². The quantitative estimate of drug-likeness (QED) is 0.865. The number of nitrogens with one attached hydrogen (secondary N) is 1. The summed E-state index contributed by atoms with van der Waals surface area (Å²) < 4.78 is 37.6. The third kappa shape index (κ3) is 3.05. The van der Waals surface area contributed by atoms with Crippen LogP contribution in [0.15, 0.2) is 24.3 Å². The van der Waals surface area contributed by atoms with Crippen LogP contribution in [0, 0.1) is 11.8 Å². The zero-order chi connectivity index (χ0) is 17.5. The highest BCUT2D eigenvalue weighted by molar-refractivity contribution is 5.93. The molecule has 2 fully saturated rings. The van der Waals surface area contributed by atoms with Crippen LogP contribution >= 0.6 is 0 Å². The Balaban J connectivity index is 1.71. The van der Waals surface area contributed by atoms with Crippen LogP contribution in [0.25, 0.3) is 0 Å². The Bertz CT molecular complexity index is 645. The van der Waals surface area contributed by atoms with E-state index in [4.69, 9.17) is 0 Å². The van der Waals surface area contributed by atoms with Crippen LogP contribution in [0.2, 0.25) is 0 Å². The van der Waals surface area contributed by atoms with E-state index in [2.05, 4.69) is 5.32 Å². The number of halogens is 3. The molecule has 1 aromatic carbocycles. The van der Waals surface area contributed by atoms with E-state index in [1.54, 1.807) is 0 Å². The first-order valence-electron chi connectivity index (χ1n) is 7.75. The summed E-state index contributed by atoms with van der Waals surface area (Å²) in [6, 6.07) is 2.62. The number of benzene rings is 1. The van der Waals surface area contributed by atoms with Gasteiger partial charge in [-0.1, -0.05) is 6.42 Å². The number of hydrogen-bond donors (Lipinski definition) is 2. The first-order chi connectivity index (χ1) is 11.3. The molecule has 0 spiro atoms. The van der Waals surface area contributed by atoms with Gasteiger partial charge in [-0.25, -0.2) is 9.59 Å². The van der Waals surface area contributed by atoms with Crippen molar-refractivity contribution >= 4 is 17.7 Å². The topological polar surface area (TPSA) is 69.6 Å². The summed E-state index contributed by atoms with van der Waals surface area (Å²) in [5, 5.41) is 11.9. The maximum atomic E-state index is 12.5. The fraction of sp³-hybridized carbons (Fsp3) is 0.500. The molecule has 1 aromatic rings. The second-order valence-electron chi connectivity index (χ2n) is 6.30. The van der Waals surface area contributed by atoms with Crippen molar-refractivity contribution < 1.29 is 27.9 Å². The van der Waals surface area contributed by atoms with Crippen molar-refractivity contribution in [2.24, 2.45) is 11.8 Å². The van der Waals surface area contributed by atoms with E-state index in [0.717, 1.165) is 43.5 Å². The lowest BCUT2D eigenvalue weighted by Gasteiger charge is -2.24. The minimum atomic E-state index is -4.44. The van der Waals surface area contributed by atoms with Crippen molar-refractivity contribution in [2.75, 3.05) is 11.9 Å². The molecule has 3 atom stereocenters. The van der Waals surface area contributed by atoms with E-state index in [-0.39, 0.29) is 17.5 Å². The van der Waals surface area contributed by atoms with Gasteiger partial charge in [0.05, 0.1) is 5.56 Å². The monoisotopic (exact) mass is 342 g/mol. The Labute approximate surface area is 136 Å². The minimum Gasteiger partial charge on any atom is -0.480 e. The average Bonchev–Trinajstić information content (AvgIpc) is 3.06. The lowest BCUT2D eigenvalue weighted by Crippen LogP contribution is -2.45. The molecule has 1 aliphatic carbocycles. The van der Waals surface area contributed by atoms with E-state index in [0.29, 0.717) is 6.54 Å². The SMILES string of the molecule is O=C(O)[C@@H]1[C@H]2CCC[C@H]2CN1C(=O)Nc1ccc(C(F)(F)F)cc1. The summed E-state index contributed by atoms with van der Waals surface area (Å²) in [6.45, 7) is 0.369. The fourth-order valence-corrected chi connectivity index (χ4v) is 3.77. The number of urea groups is 1. The van der Waals surface area contributed by atoms with Gasteiger partial charge in [0.15, 0.2) is 0 Å². The van der Waals surface area contributed by atoms with E-state index in [9.17, 15) is 27.9 Å². The molecule has 3 rings (SSSR count). The number of fused-ring (bicyclic) bond motifs is 1. The number of nitrogens with zero attached hydrogens (tertiary/aromatic N) is 1. The van der Waals surface area contributed by atoms with E-state index < -0.39 is 29.8 Å². The number of carboxylic acids is 1. The van der Waals surface area contributed by atoms with Gasteiger partial charge in [-0.15, -0.1) is 0 Å². The average molecular weight is 342 g/mol. The van der Waals surface area contributed by atoms with Crippen molar-refractivity contribution in [2.45, 2.75) is 31.5 Å². The van der Waals surface area contributed by atoms with E-state index in [1.165, 1.54) is 4.90 Å². The van der Waals surface area contributed by atoms with Crippen LogP contribution < -0.4 is 5.32 Å². The van der Waals surface area contributed by atoms with Crippen molar-refractivity contribution in [1.29, 1.82) is 0 Å². The van der Waals surface area contributed by atoms with Crippen LogP contribution in [-0.2, 0) is 11.0 Å². The predicted molar refractivity (Wildman–Crippen MR) is 79.4 cm³/mol. The number of aliphatic carboxylic acids is 1. The van der Waals surface area contributed by atoms with Gasteiger partial charge in [-0.3, -0.25) is 0 Å². The van der Waals surface area contributed by atoms with Crippen molar-refractivity contribution in [1.82, 2.24) is 4.90 Å². The van der Waals surface area contributed by atoms with Gasteiger partial charge in [-0.05, 0) is 48.9 Å². The molecular weight excluding hydrogens is 325 g/mol. The summed E-state index contributed by atoms with van der Waals surface area (Å²) >= 11 is 0. The Hall–Kier alpha value is -2.25. The molecule has 1 saturated heterocycles. The van der Waals surface area contributed by atoms with Crippen LogP contribution in [-0.4, -0.2) is 34.6 Å². The number of alkyl halides is 3. The molecule has 24 heavy (non-hydrogen) atoms. The standard InChI is InChI=1S/C16H17F3N2O3/c17-16(18,19)10-4-6-11(7-5-10)20-15(24)21-8-9-2-1-3-12(9)13(21)14(22)23/h4-7,9,12-13H,1-3,8H2,(H,20,24)(H,22,23)/t9-,12-,13-/m0/s1. The van der Waals surface area contributed by atoms with Gasteiger partial charge in [-0.2, -0.15) is 13.2 Å². The first-order valence-corrected chi connectivity index (χ1v) is 7.75. The Morgan fingerprint density at radius 3 is 2.42 bits per heavy atom. The van der Waals surface area contributed by atoms with Gasteiger partial charge in [0.1, 0.15) is 6.04 Å². The lowest BCUT2D eigenvalue weighted by molar-refractivity contribution is -0.142. The number of likely N-dealkylation sites (tertiary alicyclic amines) is 1. The third-order valence-corrected chi connectivity index (χ3v) is 4.87. The molecular formula is C16H17F3N2O3. The molecule has 2 amide bonds. The summed E-state index contributed by atoms with van der Waals surface area (Å²) in [7, 11) is 0. The van der Waals surface area contributed by atoms with Crippen LogP contribution in [0.4, 0.5) is 23.7 Å². The van der Waals surface area contributed by atoms with Gasteiger partial charge in [0.2, 0.25) is 0 Å². The maximum Gasteiger partial charge on any atom is 0.416 e. The maximum absolute atomic E-state index is 12.5. The number of hydrogen-bond acceptors (Lipinski definition) is 2. The molecule has 1 aliphatic heterocycles. The second kappa shape index (κ2) is 5.99. The molecule has 8 heteroatoms. The van der Waals surface area contributed by atoms with E-state index in [1.807, 2.05) is 0 Å². The van der Waals surface area contributed by atoms with Crippen molar-refractivity contribution in [3.63, 3.8) is 0 Å². The van der Waals surface area contributed by atoms with Crippen LogP contribution in [0.5, 0.6) is 0 Å². The van der Waals surface area contributed by atoms with Crippen LogP contribution in [0.1, 0.15) is 24.8 Å². The zero-order valence-corrected chi connectivity index (χ0v) is 12.7. The molecule has 1 saturated carbocycles. The van der Waals surface area contributed by atoms with Crippen LogP contribution in [0.3, 0.4) is 0 Å². The Morgan fingerprint density at radius 2 is 1.83 bits per heavy atom. The smallest absolute Gasteiger partial charge is 0.416 e. The number of rotatable bonds is 2. The summed E-state index contributed by atoms with van der Waals surface area (Å²) in [5.74, 6) is -0.891. The summed E-state index contributed by atoms with van der Waals surface area (Å²) in [6.07, 6.45) is -1.79. The van der Waals surface area contributed by atoms with Gasteiger partial charge in [0.25, 0.3) is 0 Å². The normalized spacial score (nSPS) is 26.3. The molecule has 5 nitrogen and oxygen atoms in total. The molecule has 130 valence electrons. The largest absolute Gasteiger partial charge is 0.480 e. The highest BCUT2D eigenvalue weighted by Gasteiger charge is 2.49. The second-order valence-corrected chi connectivity index (χ2v) is 6.30. The molecule has 2 aliphatic rings. The van der Waals surface area contributed by atoms with Gasteiger partial charge < -0.3 is 15.3 Å². The molecule has 2 N–H and O–H groups in total. The number of amides is 2. The Morgan fingerprint density at radius 1 is 1.17 bits per heavy atom. The fourth-order valence-electron chi connectivity index (χ4n) is 3.77. The predicted octanol–water partition coefficient (Wildman–Crippen LogP) is 3.42. The van der Waals surface area contributed by atoms with Gasteiger partial charge in [0, 0.05) is 12.2 Å². The van der Waals surface area contributed by atoms with E-state index >= 15 is 0 Å². The third-order valence-electron chi connectivity index (χ3n) is 4.87. The highest BCUT2D eigenvalue weighted by atomic mass is 19.4. The first kappa shape index (κ1) is 16.6. The summed E-state index contributed by atoms with van der Waals surface area (Å²) in [4.78, 5) is 25.2.